The smallest absolute Gasteiger partial charge is 0.236 e. The molecule has 4 aromatic rings. The zero-order valence-corrected chi connectivity index (χ0v) is 20.3. The lowest BCUT2D eigenvalue weighted by molar-refractivity contribution is -0.113. The van der Waals surface area contributed by atoms with Crippen LogP contribution < -0.4 is 5.32 Å². The fraction of sp³-hybridized carbons (Fsp3) is 0.217. The minimum absolute atomic E-state index is 0.106. The van der Waals surface area contributed by atoms with Gasteiger partial charge in [-0.15, -0.1) is 33.3 Å². The van der Waals surface area contributed by atoms with Crippen molar-refractivity contribution in [2.75, 3.05) is 11.1 Å². The molecule has 32 heavy (non-hydrogen) atoms. The number of benzene rings is 2. The lowest BCUT2D eigenvalue weighted by Gasteiger charge is -2.07. The molecule has 2 aromatic heterocycles. The number of hydrogen-bond donors (Lipinski definition) is 1. The topological polar surface area (TPSA) is 72.7 Å². The number of aryl methyl sites for hydroxylation is 1. The molecule has 4 rings (SSSR count). The molecule has 9 heteroatoms. The average Bonchev–Trinajstić information content (AvgIpc) is 3.44. The number of nitrogens with one attached hydrogen (secondary N) is 1. The number of rotatable bonds is 9. The Hall–Kier alpha value is -2.62. The van der Waals surface area contributed by atoms with Gasteiger partial charge in [-0.3, -0.25) is 4.79 Å². The number of thioether (sulfide) groups is 2. The summed E-state index contributed by atoms with van der Waals surface area (Å²) in [5, 5.41) is 14.8. The summed E-state index contributed by atoms with van der Waals surface area (Å²) in [4.78, 5) is 18.2. The van der Waals surface area contributed by atoms with Crippen molar-refractivity contribution in [2.45, 2.75) is 36.2 Å². The monoisotopic (exact) mass is 481 g/mol. The van der Waals surface area contributed by atoms with Gasteiger partial charge in [0.1, 0.15) is 5.82 Å². The third-order valence-corrected chi connectivity index (χ3v) is 7.38. The molecule has 0 radical (unpaired) electrons. The van der Waals surface area contributed by atoms with Gasteiger partial charge in [-0.05, 0) is 26.0 Å². The van der Waals surface area contributed by atoms with Crippen LogP contribution >= 0.6 is 34.9 Å². The molecule has 2 aromatic carbocycles. The summed E-state index contributed by atoms with van der Waals surface area (Å²) in [6.07, 6.45) is 0. The van der Waals surface area contributed by atoms with E-state index in [1.165, 1.54) is 33.6 Å². The maximum absolute atomic E-state index is 12.4. The second-order valence-corrected chi connectivity index (χ2v) is 9.83. The zero-order chi connectivity index (χ0) is 22.3. The SMILES string of the molecule is CCn1c(CSc2ccc(C)cc2)nnc1SCC(=O)Nc1nc(-c2ccccc2)cs1. The molecule has 0 aliphatic heterocycles. The van der Waals surface area contributed by atoms with E-state index in [2.05, 4.69) is 63.2 Å². The molecule has 0 fully saturated rings. The van der Waals surface area contributed by atoms with E-state index in [0.29, 0.717) is 5.13 Å². The first-order valence-electron chi connectivity index (χ1n) is 10.2. The van der Waals surface area contributed by atoms with E-state index in [9.17, 15) is 4.79 Å². The summed E-state index contributed by atoms with van der Waals surface area (Å²) in [5.41, 5.74) is 3.14. The third kappa shape index (κ3) is 5.79. The van der Waals surface area contributed by atoms with Crippen LogP contribution in [-0.4, -0.2) is 31.4 Å². The predicted octanol–water partition coefficient (Wildman–Crippen LogP) is 5.75. The fourth-order valence-electron chi connectivity index (χ4n) is 2.99. The molecular formula is C23H23N5OS3. The van der Waals surface area contributed by atoms with E-state index in [1.54, 1.807) is 11.8 Å². The van der Waals surface area contributed by atoms with Crippen molar-refractivity contribution in [3.8, 4) is 11.3 Å². The number of aromatic nitrogens is 4. The van der Waals surface area contributed by atoms with Crippen LogP contribution in [0.3, 0.4) is 0 Å². The lowest BCUT2D eigenvalue weighted by atomic mass is 10.2. The Kier molecular flexibility index (Phi) is 7.62. The normalized spacial score (nSPS) is 10.9. The standard InChI is InChI=1S/C23H23N5OS3/c1-3-28-20(14-30-18-11-9-16(2)10-12-18)26-27-23(28)32-15-21(29)25-22-24-19(13-31-22)17-7-5-4-6-8-17/h4-13H,3,14-15H2,1-2H3,(H,24,25,29). The first kappa shape index (κ1) is 22.6. The summed E-state index contributed by atoms with van der Waals surface area (Å²) < 4.78 is 2.07. The highest BCUT2D eigenvalue weighted by molar-refractivity contribution is 7.99. The number of thiazole rings is 1. The number of amides is 1. The van der Waals surface area contributed by atoms with Crippen molar-refractivity contribution in [1.29, 1.82) is 0 Å². The Labute approximate surface area is 199 Å². The second-order valence-electron chi connectivity index (χ2n) is 6.99. The van der Waals surface area contributed by atoms with Crippen LogP contribution in [0, 0.1) is 6.92 Å². The Morgan fingerprint density at radius 3 is 2.59 bits per heavy atom. The quantitative estimate of drug-likeness (QED) is 0.307. The molecule has 2 heterocycles. The highest BCUT2D eigenvalue weighted by Crippen LogP contribution is 2.26. The van der Waals surface area contributed by atoms with Gasteiger partial charge < -0.3 is 9.88 Å². The molecule has 6 nitrogen and oxygen atoms in total. The third-order valence-electron chi connectivity index (χ3n) is 4.65. The maximum Gasteiger partial charge on any atom is 0.236 e. The van der Waals surface area contributed by atoms with Crippen molar-refractivity contribution < 1.29 is 4.79 Å². The van der Waals surface area contributed by atoms with Crippen molar-refractivity contribution in [3.05, 3.63) is 71.4 Å². The van der Waals surface area contributed by atoms with Crippen LogP contribution in [0.1, 0.15) is 18.3 Å². The summed E-state index contributed by atoms with van der Waals surface area (Å²) in [7, 11) is 0. The van der Waals surface area contributed by atoms with Gasteiger partial charge in [0.05, 0.1) is 17.2 Å². The van der Waals surface area contributed by atoms with E-state index in [0.717, 1.165) is 34.5 Å². The van der Waals surface area contributed by atoms with Gasteiger partial charge in [0, 0.05) is 22.4 Å². The first-order valence-corrected chi connectivity index (χ1v) is 13.0. The molecular weight excluding hydrogens is 458 g/mol. The van der Waals surface area contributed by atoms with Gasteiger partial charge in [0.2, 0.25) is 5.91 Å². The Morgan fingerprint density at radius 1 is 1.06 bits per heavy atom. The number of carbonyl (C=O) groups excluding carboxylic acids is 1. The Balaban J connectivity index is 1.32. The number of hydrogen-bond acceptors (Lipinski definition) is 7. The van der Waals surface area contributed by atoms with Crippen LogP contribution in [-0.2, 0) is 17.1 Å². The molecule has 164 valence electrons. The number of nitrogens with zero attached hydrogens (tertiary/aromatic N) is 4. The van der Waals surface area contributed by atoms with E-state index in [-0.39, 0.29) is 11.7 Å². The van der Waals surface area contributed by atoms with Crippen LogP contribution in [0.2, 0.25) is 0 Å². The van der Waals surface area contributed by atoms with Crippen molar-refractivity contribution in [2.24, 2.45) is 0 Å². The summed E-state index contributed by atoms with van der Waals surface area (Å²) in [6, 6.07) is 18.4. The van der Waals surface area contributed by atoms with Crippen LogP contribution in [0.4, 0.5) is 5.13 Å². The fourth-order valence-corrected chi connectivity index (χ4v) is 5.39. The highest BCUT2D eigenvalue weighted by atomic mass is 32.2. The van der Waals surface area contributed by atoms with Crippen molar-refractivity contribution in [3.63, 3.8) is 0 Å². The molecule has 0 aliphatic rings. The zero-order valence-electron chi connectivity index (χ0n) is 17.8. The Bertz CT molecular complexity index is 1170. The molecule has 0 unspecified atom stereocenters. The van der Waals surface area contributed by atoms with Gasteiger partial charge in [-0.25, -0.2) is 4.98 Å². The first-order chi connectivity index (χ1) is 15.6. The van der Waals surface area contributed by atoms with Crippen LogP contribution in [0.5, 0.6) is 0 Å². The summed E-state index contributed by atoms with van der Waals surface area (Å²) in [6.45, 7) is 4.90. The minimum Gasteiger partial charge on any atom is -0.306 e. The molecule has 0 spiro atoms. The van der Waals surface area contributed by atoms with Gasteiger partial charge in [-0.1, -0.05) is 59.8 Å². The van der Waals surface area contributed by atoms with Gasteiger partial charge >= 0.3 is 0 Å². The van der Waals surface area contributed by atoms with Crippen molar-refractivity contribution in [1.82, 2.24) is 19.7 Å². The molecule has 0 aliphatic carbocycles. The van der Waals surface area contributed by atoms with E-state index in [1.807, 2.05) is 35.7 Å². The Morgan fingerprint density at radius 2 is 1.84 bits per heavy atom. The van der Waals surface area contributed by atoms with Crippen molar-refractivity contribution >= 4 is 45.9 Å². The highest BCUT2D eigenvalue weighted by Gasteiger charge is 2.14. The van der Waals surface area contributed by atoms with E-state index in [4.69, 9.17) is 0 Å². The van der Waals surface area contributed by atoms with Gasteiger partial charge in [0.25, 0.3) is 0 Å². The second kappa shape index (κ2) is 10.8. The average molecular weight is 482 g/mol. The molecule has 0 saturated heterocycles. The maximum atomic E-state index is 12.4. The van der Waals surface area contributed by atoms with Gasteiger partial charge in [0.15, 0.2) is 10.3 Å². The molecule has 1 amide bonds. The van der Waals surface area contributed by atoms with E-state index < -0.39 is 0 Å². The summed E-state index contributed by atoms with van der Waals surface area (Å²) >= 11 is 4.55. The largest absolute Gasteiger partial charge is 0.306 e. The van der Waals surface area contributed by atoms with E-state index >= 15 is 0 Å². The summed E-state index contributed by atoms with van der Waals surface area (Å²) in [5.74, 6) is 1.79. The molecule has 0 saturated carbocycles. The predicted molar refractivity (Wildman–Crippen MR) is 133 cm³/mol. The molecule has 0 bridgehead atoms. The van der Waals surface area contributed by atoms with Crippen LogP contribution in [0.25, 0.3) is 11.3 Å². The minimum atomic E-state index is -0.106. The lowest BCUT2D eigenvalue weighted by Crippen LogP contribution is -2.14. The molecule has 0 atom stereocenters. The molecule has 1 N–H and O–H groups in total. The van der Waals surface area contributed by atoms with Gasteiger partial charge in [-0.2, -0.15) is 0 Å². The van der Waals surface area contributed by atoms with Crippen LogP contribution in [0.15, 0.2) is 70.0 Å². The number of carbonyl (C=O) groups is 1. The number of anilines is 1.